The lowest BCUT2D eigenvalue weighted by molar-refractivity contribution is -0.139. The molecule has 0 amide bonds. The van der Waals surface area contributed by atoms with Crippen LogP contribution in [0.2, 0.25) is 0 Å². The molecule has 0 aromatic rings. The van der Waals surface area contributed by atoms with Crippen molar-refractivity contribution in [1.29, 1.82) is 0 Å². The zero-order chi connectivity index (χ0) is 11.9. The molecule has 4 nitrogen and oxygen atoms in total. The molecule has 0 aliphatic carbocycles. The Bertz CT molecular complexity index is 196. The Morgan fingerprint density at radius 3 is 2.47 bits per heavy atom. The fraction of sp³-hybridized carbons (Fsp3) is 0.875. The van der Waals surface area contributed by atoms with Gasteiger partial charge in [-0.15, -0.1) is 0 Å². The number of carboxylic acid groups (broad SMARTS) is 1. The molecule has 1 unspecified atom stereocenters. The molecule has 0 bridgehead atoms. The SMILES string of the molecule is O=C(O)CC(O)CNCCCC(F)(F)F. The van der Waals surface area contributed by atoms with Gasteiger partial charge in [-0.1, -0.05) is 0 Å². The van der Waals surface area contributed by atoms with E-state index < -0.39 is 31.1 Å². The maximum Gasteiger partial charge on any atom is 0.389 e. The third-order valence-corrected chi connectivity index (χ3v) is 1.60. The molecule has 0 aliphatic rings. The van der Waals surface area contributed by atoms with Crippen LogP contribution in [0, 0.1) is 0 Å². The van der Waals surface area contributed by atoms with Crippen molar-refractivity contribution in [2.24, 2.45) is 0 Å². The van der Waals surface area contributed by atoms with Gasteiger partial charge in [0.2, 0.25) is 0 Å². The van der Waals surface area contributed by atoms with E-state index in [2.05, 4.69) is 5.32 Å². The third-order valence-electron chi connectivity index (χ3n) is 1.60. The monoisotopic (exact) mass is 229 g/mol. The van der Waals surface area contributed by atoms with Crippen molar-refractivity contribution in [3.63, 3.8) is 0 Å². The predicted molar refractivity (Wildman–Crippen MR) is 46.4 cm³/mol. The van der Waals surface area contributed by atoms with Gasteiger partial charge in [-0.3, -0.25) is 4.79 Å². The molecule has 1 atom stereocenters. The first kappa shape index (κ1) is 14.2. The second kappa shape index (κ2) is 6.62. The molecule has 7 heteroatoms. The normalized spacial score (nSPS) is 13.9. The van der Waals surface area contributed by atoms with Crippen molar-refractivity contribution < 1.29 is 28.2 Å². The maximum absolute atomic E-state index is 11.7. The minimum Gasteiger partial charge on any atom is -0.481 e. The number of hydrogen-bond donors (Lipinski definition) is 3. The Kier molecular flexibility index (Phi) is 6.26. The molecular formula is C8H14F3NO3. The quantitative estimate of drug-likeness (QED) is 0.563. The van der Waals surface area contributed by atoms with Gasteiger partial charge in [0, 0.05) is 13.0 Å². The summed E-state index contributed by atoms with van der Waals surface area (Å²) < 4.78 is 35.0. The lowest BCUT2D eigenvalue weighted by atomic mass is 10.2. The van der Waals surface area contributed by atoms with Crippen molar-refractivity contribution in [3.05, 3.63) is 0 Å². The molecule has 0 aromatic heterocycles. The Morgan fingerprint density at radius 1 is 1.40 bits per heavy atom. The number of carboxylic acids is 1. The van der Waals surface area contributed by atoms with Gasteiger partial charge in [0.25, 0.3) is 0 Å². The van der Waals surface area contributed by atoms with E-state index in [0.717, 1.165) is 0 Å². The van der Waals surface area contributed by atoms with E-state index in [0.29, 0.717) is 0 Å². The van der Waals surface area contributed by atoms with Crippen LogP contribution in [0.25, 0.3) is 0 Å². The Morgan fingerprint density at radius 2 is 2.00 bits per heavy atom. The number of aliphatic hydroxyl groups excluding tert-OH is 1. The largest absolute Gasteiger partial charge is 0.481 e. The minimum atomic E-state index is -4.17. The summed E-state index contributed by atoms with van der Waals surface area (Å²) in [6.45, 7) is 0.0976. The van der Waals surface area contributed by atoms with Crippen LogP contribution in [0.1, 0.15) is 19.3 Å². The Hall–Kier alpha value is -0.820. The van der Waals surface area contributed by atoms with Gasteiger partial charge in [0.1, 0.15) is 0 Å². The second-order valence-corrected chi connectivity index (χ2v) is 3.17. The molecule has 0 radical (unpaired) electrons. The summed E-state index contributed by atoms with van der Waals surface area (Å²) in [4.78, 5) is 10.1. The molecule has 0 spiro atoms. The maximum atomic E-state index is 11.7. The van der Waals surface area contributed by atoms with Gasteiger partial charge < -0.3 is 15.5 Å². The highest BCUT2D eigenvalue weighted by molar-refractivity contribution is 5.67. The lowest BCUT2D eigenvalue weighted by Crippen LogP contribution is -2.29. The molecule has 0 aromatic carbocycles. The van der Waals surface area contributed by atoms with Crippen molar-refractivity contribution >= 4 is 5.97 Å². The van der Waals surface area contributed by atoms with E-state index in [9.17, 15) is 18.0 Å². The van der Waals surface area contributed by atoms with E-state index in [1.165, 1.54) is 0 Å². The summed E-state index contributed by atoms with van der Waals surface area (Å²) in [7, 11) is 0. The van der Waals surface area contributed by atoms with Gasteiger partial charge in [0.05, 0.1) is 12.5 Å². The van der Waals surface area contributed by atoms with Crippen LogP contribution < -0.4 is 5.32 Å². The highest BCUT2D eigenvalue weighted by Gasteiger charge is 2.25. The Labute approximate surface area is 85.1 Å². The molecule has 0 rings (SSSR count). The molecule has 90 valence electrons. The van der Waals surface area contributed by atoms with Gasteiger partial charge >= 0.3 is 12.1 Å². The highest BCUT2D eigenvalue weighted by atomic mass is 19.4. The van der Waals surface area contributed by atoms with Gasteiger partial charge in [0.15, 0.2) is 0 Å². The predicted octanol–water partition coefficient (Wildman–Crippen LogP) is 0.754. The number of rotatable bonds is 7. The minimum absolute atomic E-state index is 0.00976. The van der Waals surface area contributed by atoms with Crippen molar-refractivity contribution in [1.82, 2.24) is 5.32 Å². The number of carbonyl (C=O) groups is 1. The number of alkyl halides is 3. The highest BCUT2D eigenvalue weighted by Crippen LogP contribution is 2.20. The smallest absolute Gasteiger partial charge is 0.389 e. The van der Waals surface area contributed by atoms with E-state index >= 15 is 0 Å². The van der Waals surface area contributed by atoms with Crippen LogP contribution in [-0.2, 0) is 4.79 Å². The number of halogens is 3. The molecule has 15 heavy (non-hydrogen) atoms. The topological polar surface area (TPSA) is 69.6 Å². The van der Waals surface area contributed by atoms with E-state index in [1.807, 2.05) is 0 Å². The van der Waals surface area contributed by atoms with Crippen LogP contribution in [0.3, 0.4) is 0 Å². The lowest BCUT2D eigenvalue weighted by Gasteiger charge is -2.10. The summed E-state index contributed by atoms with van der Waals surface area (Å²) >= 11 is 0. The average molecular weight is 229 g/mol. The van der Waals surface area contributed by atoms with Crippen LogP contribution in [0.5, 0.6) is 0 Å². The van der Waals surface area contributed by atoms with Crippen LogP contribution in [0.15, 0.2) is 0 Å². The number of aliphatic carboxylic acids is 1. The van der Waals surface area contributed by atoms with Crippen molar-refractivity contribution in [2.45, 2.75) is 31.5 Å². The van der Waals surface area contributed by atoms with E-state index in [4.69, 9.17) is 10.2 Å². The first-order chi connectivity index (χ1) is 6.81. The summed E-state index contributed by atoms with van der Waals surface area (Å²) in [5.41, 5.74) is 0. The zero-order valence-corrected chi connectivity index (χ0v) is 8.05. The van der Waals surface area contributed by atoms with Gasteiger partial charge in [-0.05, 0) is 13.0 Å². The van der Waals surface area contributed by atoms with Crippen LogP contribution in [0.4, 0.5) is 13.2 Å². The standard InChI is InChI=1S/C8H14F3NO3/c9-8(10,11)2-1-3-12-5-6(13)4-7(14)15/h6,12-13H,1-5H2,(H,14,15). The second-order valence-electron chi connectivity index (χ2n) is 3.17. The van der Waals surface area contributed by atoms with Gasteiger partial charge in [-0.2, -0.15) is 13.2 Å². The summed E-state index contributed by atoms with van der Waals surface area (Å²) in [6.07, 6.45) is -6.60. The van der Waals surface area contributed by atoms with E-state index in [-0.39, 0.29) is 19.5 Å². The zero-order valence-electron chi connectivity index (χ0n) is 8.05. The fourth-order valence-corrected chi connectivity index (χ4v) is 0.956. The first-order valence-electron chi connectivity index (χ1n) is 4.48. The molecular weight excluding hydrogens is 215 g/mol. The van der Waals surface area contributed by atoms with Crippen LogP contribution >= 0.6 is 0 Å². The first-order valence-corrected chi connectivity index (χ1v) is 4.48. The molecule has 0 saturated carbocycles. The summed E-state index contributed by atoms with van der Waals surface area (Å²) in [6, 6.07) is 0. The summed E-state index contributed by atoms with van der Waals surface area (Å²) in [5.74, 6) is -1.14. The number of hydrogen-bond acceptors (Lipinski definition) is 3. The van der Waals surface area contributed by atoms with Crippen molar-refractivity contribution in [3.8, 4) is 0 Å². The van der Waals surface area contributed by atoms with Crippen LogP contribution in [-0.4, -0.2) is 41.6 Å². The fourth-order valence-electron chi connectivity index (χ4n) is 0.956. The van der Waals surface area contributed by atoms with Gasteiger partial charge in [-0.25, -0.2) is 0 Å². The molecule has 3 N–H and O–H groups in total. The molecule has 0 saturated heterocycles. The summed E-state index contributed by atoms with van der Waals surface area (Å²) in [5, 5.41) is 19.8. The Balaban J connectivity index is 3.35. The molecule has 0 heterocycles. The third kappa shape index (κ3) is 11.1. The number of aliphatic hydroxyl groups is 1. The molecule has 0 aliphatic heterocycles. The van der Waals surface area contributed by atoms with Crippen molar-refractivity contribution in [2.75, 3.05) is 13.1 Å². The number of nitrogens with one attached hydrogen (secondary N) is 1. The molecule has 0 fully saturated rings. The van der Waals surface area contributed by atoms with E-state index in [1.54, 1.807) is 0 Å². The average Bonchev–Trinajstić information content (AvgIpc) is 1.99.